The first-order chi connectivity index (χ1) is 10.1. The first-order valence-electron chi connectivity index (χ1n) is 7.42. The van der Waals surface area contributed by atoms with Gasteiger partial charge in [0, 0.05) is 6.04 Å². The molecule has 0 unspecified atom stereocenters. The first kappa shape index (κ1) is 16.1. The van der Waals surface area contributed by atoms with Gasteiger partial charge in [0.2, 0.25) is 0 Å². The Hall–Kier alpha value is -1.32. The van der Waals surface area contributed by atoms with Gasteiger partial charge in [0.15, 0.2) is 0 Å². The fraction of sp³-hybridized carbons (Fsp3) is 0.333. The summed E-state index contributed by atoms with van der Waals surface area (Å²) in [5.74, 6) is 1.66. The minimum atomic E-state index is 0.0215. The van der Waals surface area contributed by atoms with Crippen molar-refractivity contribution < 1.29 is 4.74 Å². The predicted octanol–water partition coefficient (Wildman–Crippen LogP) is 5.60. The van der Waals surface area contributed by atoms with Gasteiger partial charge in [0.25, 0.3) is 0 Å². The molecule has 0 saturated carbocycles. The van der Waals surface area contributed by atoms with Crippen LogP contribution in [0, 0.1) is 0 Å². The van der Waals surface area contributed by atoms with Crippen LogP contribution in [0.15, 0.2) is 46.9 Å². The highest BCUT2D eigenvalue weighted by Crippen LogP contribution is 2.31. The molecule has 0 aliphatic heterocycles. The Morgan fingerprint density at radius 1 is 1.14 bits per heavy atom. The zero-order chi connectivity index (χ0) is 15.2. The summed E-state index contributed by atoms with van der Waals surface area (Å²) in [4.78, 5) is 0. The van der Waals surface area contributed by atoms with Crippen LogP contribution in [-0.2, 0) is 6.42 Å². The Morgan fingerprint density at radius 3 is 2.43 bits per heavy atom. The van der Waals surface area contributed by atoms with E-state index < -0.39 is 0 Å². The van der Waals surface area contributed by atoms with Gasteiger partial charge in [-0.2, -0.15) is 0 Å². The third-order valence-electron chi connectivity index (χ3n) is 3.45. The molecule has 2 nitrogen and oxygen atoms in total. The standard InChI is InChI=1S/C18H22BrNO/c1-3-4-5-14-6-9-16(10-7-14)21-18-11-8-15(13(2)20)12-17(18)19/h6-13H,3-5,20H2,1-2H3/t13-/m1/s1. The number of nitrogens with two attached hydrogens (primary N) is 1. The summed E-state index contributed by atoms with van der Waals surface area (Å²) in [6.45, 7) is 4.18. The van der Waals surface area contributed by atoms with Crippen LogP contribution in [0.3, 0.4) is 0 Å². The summed E-state index contributed by atoms with van der Waals surface area (Å²) in [5.41, 5.74) is 8.32. The maximum absolute atomic E-state index is 5.92. The molecule has 2 aromatic carbocycles. The Kier molecular flexibility index (Phi) is 5.83. The number of halogens is 1. The van der Waals surface area contributed by atoms with Crippen LogP contribution in [0.1, 0.15) is 43.9 Å². The second-order valence-electron chi connectivity index (χ2n) is 5.33. The van der Waals surface area contributed by atoms with Crippen molar-refractivity contribution in [1.82, 2.24) is 0 Å². The van der Waals surface area contributed by atoms with Crippen molar-refractivity contribution in [2.45, 2.75) is 39.2 Å². The van der Waals surface area contributed by atoms with Crippen LogP contribution in [0.4, 0.5) is 0 Å². The van der Waals surface area contributed by atoms with Crippen molar-refractivity contribution >= 4 is 15.9 Å². The largest absolute Gasteiger partial charge is 0.456 e. The molecule has 112 valence electrons. The summed E-state index contributed by atoms with van der Waals surface area (Å²) in [6.07, 6.45) is 3.57. The fourth-order valence-corrected chi connectivity index (χ4v) is 2.59. The highest BCUT2D eigenvalue weighted by atomic mass is 79.9. The average Bonchev–Trinajstić information content (AvgIpc) is 2.48. The van der Waals surface area contributed by atoms with Crippen LogP contribution >= 0.6 is 15.9 Å². The minimum Gasteiger partial charge on any atom is -0.456 e. The van der Waals surface area contributed by atoms with E-state index in [2.05, 4.69) is 35.0 Å². The van der Waals surface area contributed by atoms with E-state index in [1.165, 1.54) is 18.4 Å². The summed E-state index contributed by atoms with van der Waals surface area (Å²) >= 11 is 3.54. The normalized spacial score (nSPS) is 12.2. The molecule has 0 spiro atoms. The molecule has 0 fully saturated rings. The smallest absolute Gasteiger partial charge is 0.141 e. The zero-order valence-electron chi connectivity index (χ0n) is 12.6. The van der Waals surface area contributed by atoms with E-state index in [1.807, 2.05) is 37.3 Å². The molecule has 1 atom stereocenters. The van der Waals surface area contributed by atoms with Crippen molar-refractivity contribution in [1.29, 1.82) is 0 Å². The Balaban J connectivity index is 2.07. The van der Waals surface area contributed by atoms with Crippen LogP contribution in [-0.4, -0.2) is 0 Å². The van der Waals surface area contributed by atoms with Crippen molar-refractivity contribution in [3.63, 3.8) is 0 Å². The van der Waals surface area contributed by atoms with Gasteiger partial charge in [-0.05, 0) is 71.1 Å². The molecule has 2 N–H and O–H groups in total. The molecule has 0 saturated heterocycles. The highest BCUT2D eigenvalue weighted by Gasteiger charge is 2.06. The minimum absolute atomic E-state index is 0.0215. The lowest BCUT2D eigenvalue weighted by Gasteiger charge is -2.11. The van der Waals surface area contributed by atoms with E-state index in [0.29, 0.717) is 0 Å². The molecule has 3 heteroatoms. The predicted molar refractivity (Wildman–Crippen MR) is 91.9 cm³/mol. The van der Waals surface area contributed by atoms with Gasteiger partial charge in [0.1, 0.15) is 11.5 Å². The number of hydrogen-bond acceptors (Lipinski definition) is 2. The SMILES string of the molecule is CCCCc1ccc(Oc2ccc([C@@H](C)N)cc2Br)cc1. The first-order valence-corrected chi connectivity index (χ1v) is 8.21. The van der Waals surface area contributed by atoms with Gasteiger partial charge in [0.05, 0.1) is 4.47 Å². The van der Waals surface area contributed by atoms with Crippen LogP contribution < -0.4 is 10.5 Å². The summed E-state index contributed by atoms with van der Waals surface area (Å²) < 4.78 is 6.84. The third-order valence-corrected chi connectivity index (χ3v) is 4.07. The zero-order valence-corrected chi connectivity index (χ0v) is 14.2. The molecule has 0 aromatic heterocycles. The molecule has 21 heavy (non-hydrogen) atoms. The lowest BCUT2D eigenvalue weighted by atomic mass is 10.1. The monoisotopic (exact) mass is 347 g/mol. The molecular formula is C18H22BrNO. The summed E-state index contributed by atoms with van der Waals surface area (Å²) in [6, 6.07) is 14.3. The molecule has 2 rings (SSSR count). The number of unbranched alkanes of at least 4 members (excludes halogenated alkanes) is 1. The van der Waals surface area contributed by atoms with E-state index in [4.69, 9.17) is 10.5 Å². The molecule has 2 aromatic rings. The second kappa shape index (κ2) is 7.62. The number of benzene rings is 2. The molecule has 0 aliphatic carbocycles. The van der Waals surface area contributed by atoms with Gasteiger partial charge in [-0.25, -0.2) is 0 Å². The Bertz CT molecular complexity index is 578. The van der Waals surface area contributed by atoms with E-state index in [9.17, 15) is 0 Å². The second-order valence-corrected chi connectivity index (χ2v) is 6.18. The van der Waals surface area contributed by atoms with Crippen molar-refractivity contribution in [3.8, 4) is 11.5 Å². The molecule has 0 bridgehead atoms. The van der Waals surface area contributed by atoms with Crippen LogP contribution in [0.2, 0.25) is 0 Å². The van der Waals surface area contributed by atoms with E-state index in [-0.39, 0.29) is 6.04 Å². The maximum atomic E-state index is 5.92. The number of hydrogen-bond donors (Lipinski definition) is 1. The Labute approximate surface area is 135 Å². The van der Waals surface area contributed by atoms with Gasteiger partial charge < -0.3 is 10.5 Å². The topological polar surface area (TPSA) is 35.2 Å². The van der Waals surface area contributed by atoms with Crippen LogP contribution in [0.25, 0.3) is 0 Å². The van der Waals surface area contributed by atoms with Crippen molar-refractivity contribution in [2.24, 2.45) is 5.73 Å². The fourth-order valence-electron chi connectivity index (χ4n) is 2.12. The van der Waals surface area contributed by atoms with E-state index in [1.54, 1.807) is 0 Å². The highest BCUT2D eigenvalue weighted by molar-refractivity contribution is 9.10. The summed E-state index contributed by atoms with van der Waals surface area (Å²) in [5, 5.41) is 0. The lowest BCUT2D eigenvalue weighted by Crippen LogP contribution is -2.04. The van der Waals surface area contributed by atoms with Gasteiger partial charge in [-0.1, -0.05) is 31.5 Å². The molecule has 0 amide bonds. The third kappa shape index (κ3) is 4.58. The summed E-state index contributed by atoms with van der Waals surface area (Å²) in [7, 11) is 0. The number of rotatable bonds is 6. The van der Waals surface area contributed by atoms with Crippen LogP contribution in [0.5, 0.6) is 11.5 Å². The molecular weight excluding hydrogens is 326 g/mol. The Morgan fingerprint density at radius 2 is 1.86 bits per heavy atom. The molecule has 0 aliphatic rings. The van der Waals surface area contributed by atoms with Crippen molar-refractivity contribution in [2.75, 3.05) is 0 Å². The van der Waals surface area contributed by atoms with E-state index >= 15 is 0 Å². The van der Waals surface area contributed by atoms with Gasteiger partial charge in [-0.15, -0.1) is 0 Å². The quantitative estimate of drug-likeness (QED) is 0.737. The number of aryl methyl sites for hydroxylation is 1. The lowest BCUT2D eigenvalue weighted by molar-refractivity contribution is 0.479. The molecule has 0 radical (unpaired) electrons. The average molecular weight is 348 g/mol. The van der Waals surface area contributed by atoms with E-state index in [0.717, 1.165) is 28.0 Å². The van der Waals surface area contributed by atoms with Gasteiger partial charge in [-0.3, -0.25) is 0 Å². The maximum Gasteiger partial charge on any atom is 0.141 e. The number of ether oxygens (including phenoxy) is 1. The molecule has 0 heterocycles. The van der Waals surface area contributed by atoms with Crippen molar-refractivity contribution in [3.05, 3.63) is 58.1 Å². The van der Waals surface area contributed by atoms with Gasteiger partial charge >= 0.3 is 0 Å².